The first-order valence-corrected chi connectivity index (χ1v) is 7.20. The van der Waals surface area contributed by atoms with Gasteiger partial charge in [-0.05, 0) is 25.7 Å². The van der Waals surface area contributed by atoms with Crippen LogP contribution < -0.4 is 0 Å². The van der Waals surface area contributed by atoms with Crippen LogP contribution in [-0.4, -0.2) is 41.7 Å². The van der Waals surface area contributed by atoms with Crippen molar-refractivity contribution in [3.63, 3.8) is 0 Å². The molecular formula is C13H8F16. The zero-order valence-corrected chi connectivity index (χ0v) is 13.3. The Hall–Kier alpha value is -1.12. The second-order valence-electron chi connectivity index (χ2n) is 6.12. The van der Waals surface area contributed by atoms with Gasteiger partial charge < -0.3 is 0 Å². The van der Waals surface area contributed by atoms with Crippen molar-refractivity contribution in [1.82, 2.24) is 0 Å². The average Bonchev–Trinajstić information content (AvgIpc) is 3.05. The molecular weight excluding hydrogens is 460 g/mol. The molecule has 0 aromatic rings. The number of hydrogen-bond donors (Lipinski definition) is 0. The van der Waals surface area contributed by atoms with Gasteiger partial charge in [0, 0.05) is 5.92 Å². The Labute approximate surface area is 151 Å². The van der Waals surface area contributed by atoms with Gasteiger partial charge in [-0.2, -0.15) is 61.5 Å². The van der Waals surface area contributed by atoms with Crippen LogP contribution in [-0.2, 0) is 0 Å². The molecule has 1 fully saturated rings. The summed E-state index contributed by atoms with van der Waals surface area (Å²) in [6, 6.07) is 0. The van der Waals surface area contributed by atoms with Crippen molar-refractivity contribution in [3.05, 3.63) is 12.6 Å². The van der Waals surface area contributed by atoms with Gasteiger partial charge in [-0.15, -0.1) is 0 Å². The van der Waals surface area contributed by atoms with Crippen LogP contribution in [0.3, 0.4) is 0 Å². The average molecular weight is 468 g/mol. The van der Waals surface area contributed by atoms with Crippen LogP contribution in [0.15, 0.2) is 0 Å². The number of rotatable bonds is 6. The topological polar surface area (TPSA) is 0 Å². The van der Waals surface area contributed by atoms with Crippen LogP contribution in [0.4, 0.5) is 70.2 Å². The number of alkyl halides is 15. The highest BCUT2D eigenvalue weighted by Crippen LogP contribution is 2.65. The Morgan fingerprint density at radius 3 is 1.34 bits per heavy atom. The van der Waals surface area contributed by atoms with E-state index in [0.29, 0.717) is 6.42 Å². The van der Waals surface area contributed by atoms with Crippen molar-refractivity contribution in [3.8, 4) is 0 Å². The van der Waals surface area contributed by atoms with Gasteiger partial charge in [-0.25, -0.2) is 8.78 Å². The minimum atomic E-state index is -8.16. The van der Waals surface area contributed by atoms with E-state index in [4.69, 9.17) is 0 Å². The first-order valence-electron chi connectivity index (χ1n) is 7.20. The van der Waals surface area contributed by atoms with E-state index in [1.807, 2.05) is 0 Å². The van der Waals surface area contributed by atoms with Gasteiger partial charge in [-0.1, -0.05) is 0 Å². The SMILES string of the molecule is F[C](C(F)(F)F)C(F)(C1C[CH]CC1)C(F)(F)C(F)(F)C(F)(F)C(F)(F)C(F)(F)F. The van der Waals surface area contributed by atoms with Gasteiger partial charge in [0.05, 0.1) is 0 Å². The van der Waals surface area contributed by atoms with E-state index in [-0.39, 0.29) is 0 Å². The molecule has 1 aliphatic carbocycles. The van der Waals surface area contributed by atoms with Gasteiger partial charge in [-0.3, -0.25) is 0 Å². The largest absolute Gasteiger partial charge is 0.460 e. The normalized spacial score (nSPS) is 21.0. The molecule has 0 N–H and O–H groups in total. The molecule has 0 saturated heterocycles. The summed E-state index contributed by atoms with van der Waals surface area (Å²) in [6.07, 6.45) is -21.4. The summed E-state index contributed by atoms with van der Waals surface area (Å²) in [7, 11) is 0. The fourth-order valence-corrected chi connectivity index (χ4v) is 2.70. The molecule has 0 aromatic carbocycles. The van der Waals surface area contributed by atoms with Gasteiger partial charge in [0.2, 0.25) is 5.67 Å². The standard InChI is InChI=1S/C13H8F16/c14-6(8(16,17)18)7(15,5-3-1-2-4-5)9(19,20)10(21,22)11(23,24)12(25,26)13(27,28)29/h1,5H,2-4H2. The van der Waals surface area contributed by atoms with Crippen molar-refractivity contribution in [1.29, 1.82) is 0 Å². The maximum atomic E-state index is 14.6. The molecule has 16 heteroatoms. The molecule has 0 aromatic heterocycles. The summed E-state index contributed by atoms with van der Waals surface area (Å²) in [5.74, 6) is -35.0. The van der Waals surface area contributed by atoms with Gasteiger partial charge in [0.15, 0.2) is 0 Å². The van der Waals surface area contributed by atoms with Crippen molar-refractivity contribution in [2.75, 3.05) is 0 Å². The van der Waals surface area contributed by atoms with E-state index in [2.05, 4.69) is 0 Å². The maximum Gasteiger partial charge on any atom is 0.460 e. The van der Waals surface area contributed by atoms with Crippen LogP contribution in [0.2, 0.25) is 0 Å². The van der Waals surface area contributed by atoms with E-state index in [0.717, 1.165) is 0 Å². The highest BCUT2D eigenvalue weighted by Gasteiger charge is 2.92. The lowest BCUT2D eigenvalue weighted by atomic mass is 9.74. The van der Waals surface area contributed by atoms with Gasteiger partial charge >= 0.3 is 36.0 Å². The second-order valence-corrected chi connectivity index (χ2v) is 6.12. The molecule has 2 unspecified atom stereocenters. The molecule has 0 heterocycles. The van der Waals surface area contributed by atoms with E-state index in [1.54, 1.807) is 0 Å². The predicted molar refractivity (Wildman–Crippen MR) is 61.7 cm³/mol. The minimum absolute atomic E-state index is 0.585. The predicted octanol–water partition coefficient (Wildman–Crippen LogP) is 6.87. The third kappa shape index (κ3) is 3.51. The van der Waals surface area contributed by atoms with Gasteiger partial charge in [0.1, 0.15) is 0 Å². The number of halogens is 16. The van der Waals surface area contributed by atoms with Crippen molar-refractivity contribution >= 4 is 0 Å². The first kappa shape index (κ1) is 25.9. The monoisotopic (exact) mass is 468 g/mol. The third-order valence-corrected chi connectivity index (χ3v) is 4.30. The summed E-state index contributed by atoms with van der Waals surface area (Å²) < 4.78 is 209. The van der Waals surface area contributed by atoms with Crippen molar-refractivity contribution in [2.45, 2.75) is 61.0 Å². The lowest BCUT2D eigenvalue weighted by molar-refractivity contribution is -0.436. The maximum absolute atomic E-state index is 14.6. The van der Waals surface area contributed by atoms with E-state index < -0.39 is 73.1 Å². The summed E-state index contributed by atoms with van der Waals surface area (Å²) in [5.41, 5.74) is -6.37. The molecule has 1 rings (SSSR count). The molecule has 0 amide bonds. The zero-order valence-electron chi connectivity index (χ0n) is 13.3. The highest BCUT2D eigenvalue weighted by molar-refractivity contribution is 5.24. The van der Waals surface area contributed by atoms with E-state index in [1.165, 1.54) is 0 Å². The van der Waals surface area contributed by atoms with Crippen molar-refractivity contribution in [2.24, 2.45) is 5.92 Å². The van der Waals surface area contributed by atoms with E-state index >= 15 is 0 Å². The summed E-state index contributed by atoms with van der Waals surface area (Å²) in [5, 5.41) is 0. The lowest BCUT2D eigenvalue weighted by Gasteiger charge is -2.45. The summed E-state index contributed by atoms with van der Waals surface area (Å²) >= 11 is 0. The summed E-state index contributed by atoms with van der Waals surface area (Å²) in [4.78, 5) is 0. The minimum Gasteiger partial charge on any atom is -0.232 e. The Kier molecular flexibility index (Phi) is 6.21. The van der Waals surface area contributed by atoms with Crippen LogP contribution in [0.5, 0.6) is 0 Å². The van der Waals surface area contributed by atoms with Crippen molar-refractivity contribution < 1.29 is 70.2 Å². The molecule has 2 radical (unpaired) electrons. The Bertz CT molecular complexity index is 581. The molecule has 0 aliphatic heterocycles. The molecule has 172 valence electrons. The molecule has 1 saturated carbocycles. The molecule has 2 atom stereocenters. The molecule has 1 aliphatic rings. The first-order chi connectivity index (χ1) is 12.5. The zero-order chi connectivity index (χ0) is 23.5. The summed E-state index contributed by atoms with van der Waals surface area (Å²) in [6.45, 7) is 0. The smallest absolute Gasteiger partial charge is 0.232 e. The van der Waals surface area contributed by atoms with Gasteiger partial charge in [0.25, 0.3) is 6.17 Å². The van der Waals surface area contributed by atoms with Crippen LogP contribution in [0, 0.1) is 18.5 Å². The fraction of sp³-hybridized carbons (Fsp3) is 0.846. The third-order valence-electron chi connectivity index (χ3n) is 4.30. The Morgan fingerprint density at radius 2 is 1.03 bits per heavy atom. The number of hydrogen-bond acceptors (Lipinski definition) is 0. The molecule has 0 nitrogen and oxygen atoms in total. The lowest BCUT2D eigenvalue weighted by Crippen LogP contribution is -2.73. The Balaban J connectivity index is 3.71. The van der Waals surface area contributed by atoms with E-state index in [9.17, 15) is 70.2 Å². The van der Waals surface area contributed by atoms with Crippen LogP contribution in [0.1, 0.15) is 19.3 Å². The molecule has 0 bridgehead atoms. The second kappa shape index (κ2) is 6.95. The fourth-order valence-electron chi connectivity index (χ4n) is 2.70. The van der Waals surface area contributed by atoms with Crippen LogP contribution >= 0.6 is 0 Å². The molecule has 29 heavy (non-hydrogen) atoms. The quantitative estimate of drug-likeness (QED) is 0.374. The van der Waals surface area contributed by atoms with Crippen LogP contribution in [0.25, 0.3) is 0 Å². The Morgan fingerprint density at radius 1 is 0.621 bits per heavy atom. The highest BCUT2D eigenvalue weighted by atomic mass is 19.4. The molecule has 0 spiro atoms.